The molecule has 3 rings (SSSR count). The highest BCUT2D eigenvalue weighted by Gasteiger charge is 2.56. The predicted octanol–water partition coefficient (Wildman–Crippen LogP) is 2.41. The fraction of sp³-hybridized carbons (Fsp3) is 0.533. The second-order valence-electron chi connectivity index (χ2n) is 5.75. The summed E-state index contributed by atoms with van der Waals surface area (Å²) in [5.41, 5.74) is -0.323. The number of hydrogen-bond donors (Lipinski definition) is 2. The van der Waals surface area contributed by atoms with Crippen molar-refractivity contribution in [2.24, 2.45) is 11.8 Å². The molecule has 2 bridgehead atoms. The Morgan fingerprint density at radius 3 is 2.50 bits per heavy atom. The summed E-state index contributed by atoms with van der Waals surface area (Å²) in [4.78, 5) is 11.6. The quantitative estimate of drug-likeness (QED) is 0.861. The first-order chi connectivity index (χ1) is 8.61. The van der Waals surface area contributed by atoms with Gasteiger partial charge in [-0.05, 0) is 43.1 Å². The standard InChI is InChI=1S/C15H18O3/c16-14(17)13(11-4-2-1-3-5-11)15(18)9-10-6-7-12(15)8-10/h1-5,10,12-13,18H,6-9H2,(H,16,17)/t10-,12-,13-,15-/m1/s1. The normalized spacial score (nSPS) is 35.6. The predicted molar refractivity (Wildman–Crippen MR) is 67.2 cm³/mol. The van der Waals surface area contributed by atoms with E-state index in [1.807, 2.05) is 30.3 Å². The molecule has 4 atom stereocenters. The van der Waals surface area contributed by atoms with Crippen LogP contribution in [-0.2, 0) is 4.79 Å². The van der Waals surface area contributed by atoms with Crippen molar-refractivity contribution in [3.8, 4) is 0 Å². The summed E-state index contributed by atoms with van der Waals surface area (Å²) in [6.45, 7) is 0. The fourth-order valence-corrected chi connectivity index (χ4v) is 3.99. The molecule has 0 saturated heterocycles. The SMILES string of the molecule is O=C(O)[C@@H](c1ccccc1)[C@@]1(O)C[C@@H]2CC[C@@H]1C2. The average molecular weight is 246 g/mol. The van der Waals surface area contributed by atoms with Crippen molar-refractivity contribution in [1.82, 2.24) is 0 Å². The Hall–Kier alpha value is -1.35. The highest BCUT2D eigenvalue weighted by molar-refractivity contribution is 5.78. The lowest BCUT2D eigenvalue weighted by Crippen LogP contribution is -2.45. The van der Waals surface area contributed by atoms with Gasteiger partial charge >= 0.3 is 5.97 Å². The molecule has 0 aliphatic heterocycles. The maximum Gasteiger partial charge on any atom is 0.313 e. The Morgan fingerprint density at radius 2 is 2.00 bits per heavy atom. The Balaban J connectivity index is 1.98. The molecule has 3 heteroatoms. The number of aliphatic carboxylic acids is 1. The zero-order chi connectivity index (χ0) is 12.8. The summed E-state index contributed by atoms with van der Waals surface area (Å²) in [7, 11) is 0. The van der Waals surface area contributed by atoms with Crippen LogP contribution in [-0.4, -0.2) is 21.8 Å². The first-order valence-corrected chi connectivity index (χ1v) is 6.61. The van der Waals surface area contributed by atoms with E-state index in [-0.39, 0.29) is 5.92 Å². The Kier molecular flexibility index (Phi) is 2.67. The van der Waals surface area contributed by atoms with Gasteiger partial charge in [0.15, 0.2) is 0 Å². The molecule has 3 nitrogen and oxygen atoms in total. The van der Waals surface area contributed by atoms with Crippen LogP contribution in [0.4, 0.5) is 0 Å². The van der Waals surface area contributed by atoms with Crippen LogP contribution in [0.5, 0.6) is 0 Å². The van der Waals surface area contributed by atoms with Crippen molar-refractivity contribution in [2.45, 2.75) is 37.2 Å². The van der Waals surface area contributed by atoms with Crippen LogP contribution in [0.1, 0.15) is 37.2 Å². The molecule has 18 heavy (non-hydrogen) atoms. The van der Waals surface area contributed by atoms with Gasteiger partial charge in [0.25, 0.3) is 0 Å². The number of fused-ring (bicyclic) bond motifs is 2. The lowest BCUT2D eigenvalue weighted by Gasteiger charge is -2.37. The van der Waals surface area contributed by atoms with Gasteiger partial charge in [0.2, 0.25) is 0 Å². The third-order valence-electron chi connectivity index (χ3n) is 4.74. The van der Waals surface area contributed by atoms with E-state index in [0.717, 1.165) is 24.8 Å². The van der Waals surface area contributed by atoms with E-state index in [9.17, 15) is 15.0 Å². The van der Waals surface area contributed by atoms with Crippen LogP contribution < -0.4 is 0 Å². The first kappa shape index (κ1) is 11.7. The van der Waals surface area contributed by atoms with Gasteiger partial charge < -0.3 is 10.2 Å². The van der Waals surface area contributed by atoms with E-state index in [1.165, 1.54) is 0 Å². The number of carbonyl (C=O) groups is 1. The fourth-order valence-electron chi connectivity index (χ4n) is 3.99. The van der Waals surface area contributed by atoms with Gasteiger partial charge in [-0.1, -0.05) is 30.3 Å². The molecule has 2 aliphatic carbocycles. The molecular weight excluding hydrogens is 228 g/mol. The van der Waals surface area contributed by atoms with Gasteiger partial charge in [-0.3, -0.25) is 4.79 Å². The lowest BCUT2D eigenvalue weighted by molar-refractivity contribution is -0.149. The molecule has 0 radical (unpaired) electrons. The van der Waals surface area contributed by atoms with Crippen LogP contribution >= 0.6 is 0 Å². The molecule has 2 saturated carbocycles. The molecule has 0 heterocycles. The second-order valence-corrected chi connectivity index (χ2v) is 5.75. The monoisotopic (exact) mass is 246 g/mol. The first-order valence-electron chi connectivity index (χ1n) is 6.61. The molecule has 0 unspecified atom stereocenters. The van der Waals surface area contributed by atoms with E-state index in [2.05, 4.69) is 0 Å². The molecule has 0 amide bonds. The van der Waals surface area contributed by atoms with Crippen molar-refractivity contribution in [3.05, 3.63) is 35.9 Å². The molecule has 2 aliphatic rings. The van der Waals surface area contributed by atoms with Gasteiger partial charge in [-0.25, -0.2) is 0 Å². The van der Waals surface area contributed by atoms with Crippen molar-refractivity contribution in [1.29, 1.82) is 0 Å². The Labute approximate surface area is 106 Å². The second kappa shape index (κ2) is 4.09. The summed E-state index contributed by atoms with van der Waals surface area (Å²) >= 11 is 0. The van der Waals surface area contributed by atoms with Crippen LogP contribution in [0.3, 0.4) is 0 Å². The van der Waals surface area contributed by atoms with Gasteiger partial charge in [0, 0.05) is 0 Å². The largest absolute Gasteiger partial charge is 0.481 e. The highest BCUT2D eigenvalue weighted by Crippen LogP contribution is 2.55. The zero-order valence-corrected chi connectivity index (χ0v) is 10.2. The van der Waals surface area contributed by atoms with E-state index < -0.39 is 17.5 Å². The highest BCUT2D eigenvalue weighted by atomic mass is 16.4. The average Bonchev–Trinajstić information content (AvgIpc) is 2.89. The smallest absolute Gasteiger partial charge is 0.313 e. The third-order valence-corrected chi connectivity index (χ3v) is 4.74. The van der Waals surface area contributed by atoms with E-state index >= 15 is 0 Å². The zero-order valence-electron chi connectivity index (χ0n) is 10.2. The molecule has 2 fully saturated rings. The van der Waals surface area contributed by atoms with Crippen LogP contribution in [0.2, 0.25) is 0 Å². The van der Waals surface area contributed by atoms with E-state index in [4.69, 9.17) is 0 Å². The molecule has 1 aromatic rings. The van der Waals surface area contributed by atoms with Gasteiger partial charge in [0.1, 0.15) is 5.92 Å². The molecule has 0 spiro atoms. The Bertz CT molecular complexity index is 456. The third kappa shape index (κ3) is 1.65. The van der Waals surface area contributed by atoms with Gasteiger partial charge in [0.05, 0.1) is 5.60 Å². The number of benzene rings is 1. The van der Waals surface area contributed by atoms with E-state index in [0.29, 0.717) is 12.3 Å². The minimum Gasteiger partial charge on any atom is -0.481 e. The molecule has 0 aromatic heterocycles. The number of carboxylic acid groups (broad SMARTS) is 1. The van der Waals surface area contributed by atoms with Crippen molar-refractivity contribution >= 4 is 5.97 Å². The molecule has 2 N–H and O–H groups in total. The van der Waals surface area contributed by atoms with Crippen molar-refractivity contribution in [2.75, 3.05) is 0 Å². The number of rotatable bonds is 3. The molecular formula is C15H18O3. The maximum atomic E-state index is 11.6. The molecule has 1 aromatic carbocycles. The maximum absolute atomic E-state index is 11.6. The van der Waals surface area contributed by atoms with Crippen molar-refractivity contribution in [3.63, 3.8) is 0 Å². The van der Waals surface area contributed by atoms with Gasteiger partial charge in [-0.2, -0.15) is 0 Å². The van der Waals surface area contributed by atoms with E-state index in [1.54, 1.807) is 0 Å². The topological polar surface area (TPSA) is 57.5 Å². The number of aliphatic hydroxyl groups is 1. The molecule has 96 valence electrons. The van der Waals surface area contributed by atoms with Crippen molar-refractivity contribution < 1.29 is 15.0 Å². The number of hydrogen-bond acceptors (Lipinski definition) is 2. The lowest BCUT2D eigenvalue weighted by atomic mass is 9.72. The summed E-state index contributed by atoms with van der Waals surface area (Å²) in [6, 6.07) is 9.16. The Morgan fingerprint density at radius 1 is 1.28 bits per heavy atom. The van der Waals surface area contributed by atoms with Crippen LogP contribution in [0.25, 0.3) is 0 Å². The summed E-state index contributed by atoms with van der Waals surface area (Å²) < 4.78 is 0. The van der Waals surface area contributed by atoms with Crippen LogP contribution in [0.15, 0.2) is 30.3 Å². The van der Waals surface area contributed by atoms with Gasteiger partial charge in [-0.15, -0.1) is 0 Å². The summed E-state index contributed by atoms with van der Waals surface area (Å²) in [5.74, 6) is -1.01. The van der Waals surface area contributed by atoms with Crippen LogP contribution in [0, 0.1) is 11.8 Å². The summed E-state index contributed by atoms with van der Waals surface area (Å²) in [6.07, 6.45) is 3.75. The minimum atomic E-state index is -1.05. The summed E-state index contributed by atoms with van der Waals surface area (Å²) in [5, 5.41) is 20.4. The minimum absolute atomic E-state index is 0.156. The number of carboxylic acids is 1.